The maximum absolute atomic E-state index is 2.50. The van der Waals surface area contributed by atoms with Crippen LogP contribution in [-0.4, -0.2) is 0 Å². The minimum absolute atomic E-state index is 0.380. The van der Waals surface area contributed by atoms with Crippen molar-refractivity contribution in [3.63, 3.8) is 0 Å². The lowest BCUT2D eigenvalue weighted by Gasteiger charge is -2.35. The standard InChI is InChI=1S/C30H54/c1-24(15-9-18-27-19-12-21-29(4,5)23-27)13-8-14-25(2)16-10-20-28-26(3)17-11-22-30(28,6)7/h10,20,24-25,27H,8-9,11-19,21-23H2,1-7H3. The molecule has 174 valence electrons. The van der Waals surface area contributed by atoms with E-state index in [1.165, 1.54) is 89.9 Å². The molecule has 0 nitrogen and oxygen atoms in total. The van der Waals surface area contributed by atoms with E-state index in [4.69, 9.17) is 0 Å². The molecule has 2 aliphatic carbocycles. The molecular weight excluding hydrogens is 360 g/mol. The largest absolute Gasteiger partial charge is 0.0840 e. The van der Waals surface area contributed by atoms with Crippen LogP contribution in [0.15, 0.2) is 23.3 Å². The zero-order valence-electron chi connectivity index (χ0n) is 21.8. The van der Waals surface area contributed by atoms with Crippen molar-refractivity contribution in [2.45, 2.75) is 138 Å². The van der Waals surface area contributed by atoms with Crippen LogP contribution in [0, 0.1) is 28.6 Å². The molecule has 2 aliphatic rings. The number of rotatable bonds is 11. The molecule has 0 heterocycles. The van der Waals surface area contributed by atoms with Gasteiger partial charge in [-0.25, -0.2) is 0 Å². The minimum atomic E-state index is 0.380. The van der Waals surface area contributed by atoms with E-state index in [1.807, 2.05) is 0 Å². The Labute approximate surface area is 190 Å². The molecule has 0 bridgehead atoms. The van der Waals surface area contributed by atoms with Gasteiger partial charge in [-0.05, 0) is 79.6 Å². The summed E-state index contributed by atoms with van der Waals surface area (Å²) in [6.07, 6.45) is 24.7. The lowest BCUT2D eigenvalue weighted by atomic mass is 9.71. The van der Waals surface area contributed by atoms with Crippen LogP contribution < -0.4 is 0 Å². The highest BCUT2D eigenvalue weighted by Crippen LogP contribution is 2.41. The number of allylic oxidation sites excluding steroid dienone is 4. The first kappa shape index (κ1) is 25.7. The third kappa shape index (κ3) is 8.92. The van der Waals surface area contributed by atoms with Gasteiger partial charge in [0, 0.05) is 0 Å². The molecule has 0 aromatic heterocycles. The maximum atomic E-state index is 2.50. The van der Waals surface area contributed by atoms with Gasteiger partial charge in [-0.1, -0.05) is 111 Å². The second-order valence-corrected chi connectivity index (χ2v) is 12.8. The van der Waals surface area contributed by atoms with E-state index < -0.39 is 0 Å². The van der Waals surface area contributed by atoms with E-state index in [1.54, 1.807) is 11.1 Å². The number of hydrogen-bond acceptors (Lipinski definition) is 0. The summed E-state index contributed by atoms with van der Waals surface area (Å²) < 4.78 is 0. The second-order valence-electron chi connectivity index (χ2n) is 12.8. The van der Waals surface area contributed by atoms with Gasteiger partial charge in [0.05, 0.1) is 0 Å². The zero-order chi connectivity index (χ0) is 22.2. The SMILES string of the molecule is CC1=C(C=CCC(C)CCCC(C)CCCC2CCCC(C)(C)C2)C(C)(C)CCC1. The predicted molar refractivity (Wildman–Crippen MR) is 136 cm³/mol. The van der Waals surface area contributed by atoms with E-state index in [0.717, 1.165) is 17.8 Å². The molecule has 0 heteroatoms. The van der Waals surface area contributed by atoms with Gasteiger partial charge in [0.25, 0.3) is 0 Å². The van der Waals surface area contributed by atoms with Crippen LogP contribution in [0.25, 0.3) is 0 Å². The van der Waals surface area contributed by atoms with E-state index in [0.29, 0.717) is 10.8 Å². The summed E-state index contributed by atoms with van der Waals surface area (Å²) in [4.78, 5) is 0. The molecule has 0 spiro atoms. The Hall–Kier alpha value is -0.520. The molecule has 0 aromatic rings. The molecule has 2 rings (SSSR count). The third-order valence-electron chi connectivity index (χ3n) is 8.38. The van der Waals surface area contributed by atoms with Crippen molar-refractivity contribution >= 4 is 0 Å². The fraction of sp³-hybridized carbons (Fsp3) is 0.867. The molecule has 3 atom stereocenters. The van der Waals surface area contributed by atoms with Crippen LogP contribution in [0.2, 0.25) is 0 Å². The van der Waals surface area contributed by atoms with Crippen molar-refractivity contribution in [2.24, 2.45) is 28.6 Å². The van der Waals surface area contributed by atoms with Gasteiger partial charge in [-0.2, -0.15) is 0 Å². The first-order chi connectivity index (χ1) is 14.1. The molecule has 3 unspecified atom stereocenters. The topological polar surface area (TPSA) is 0 Å². The lowest BCUT2D eigenvalue weighted by Crippen LogP contribution is -2.22. The first-order valence-corrected chi connectivity index (χ1v) is 13.5. The fourth-order valence-corrected chi connectivity index (χ4v) is 6.36. The van der Waals surface area contributed by atoms with Gasteiger partial charge in [-0.3, -0.25) is 0 Å². The Kier molecular flexibility index (Phi) is 10.2. The molecule has 1 fully saturated rings. The van der Waals surface area contributed by atoms with Crippen LogP contribution in [0.1, 0.15) is 138 Å². The summed E-state index contributed by atoms with van der Waals surface area (Å²) in [6, 6.07) is 0. The van der Waals surface area contributed by atoms with Crippen molar-refractivity contribution in [1.82, 2.24) is 0 Å². The van der Waals surface area contributed by atoms with E-state index >= 15 is 0 Å². The summed E-state index contributed by atoms with van der Waals surface area (Å²) in [6.45, 7) is 17.1. The van der Waals surface area contributed by atoms with Crippen molar-refractivity contribution in [3.05, 3.63) is 23.3 Å². The summed E-state index contributed by atoms with van der Waals surface area (Å²) >= 11 is 0. The van der Waals surface area contributed by atoms with Gasteiger partial charge in [0.2, 0.25) is 0 Å². The minimum Gasteiger partial charge on any atom is -0.0840 e. The molecular formula is C30H54. The quantitative estimate of drug-likeness (QED) is 0.315. The Bertz CT molecular complexity index is 559. The molecule has 0 aliphatic heterocycles. The van der Waals surface area contributed by atoms with Gasteiger partial charge < -0.3 is 0 Å². The van der Waals surface area contributed by atoms with Crippen molar-refractivity contribution in [3.8, 4) is 0 Å². The molecule has 1 saturated carbocycles. The van der Waals surface area contributed by atoms with Gasteiger partial charge in [-0.15, -0.1) is 0 Å². The molecule has 0 aromatic carbocycles. The van der Waals surface area contributed by atoms with Gasteiger partial charge >= 0.3 is 0 Å². The summed E-state index contributed by atoms with van der Waals surface area (Å²) in [5.41, 5.74) is 4.24. The van der Waals surface area contributed by atoms with Gasteiger partial charge in [0.15, 0.2) is 0 Å². The third-order valence-corrected chi connectivity index (χ3v) is 8.38. The predicted octanol–water partition coefficient (Wildman–Crippen LogP) is 10.3. The van der Waals surface area contributed by atoms with Gasteiger partial charge in [0.1, 0.15) is 0 Å². The second kappa shape index (κ2) is 11.9. The highest BCUT2D eigenvalue weighted by Gasteiger charge is 2.28. The van der Waals surface area contributed by atoms with Crippen molar-refractivity contribution in [1.29, 1.82) is 0 Å². The van der Waals surface area contributed by atoms with E-state index in [9.17, 15) is 0 Å². The Morgan fingerprint density at radius 3 is 2.33 bits per heavy atom. The average Bonchev–Trinajstić information content (AvgIpc) is 2.63. The van der Waals surface area contributed by atoms with E-state index in [-0.39, 0.29) is 0 Å². The van der Waals surface area contributed by atoms with Crippen LogP contribution in [0.3, 0.4) is 0 Å². The first-order valence-electron chi connectivity index (χ1n) is 13.5. The molecule has 0 radical (unpaired) electrons. The summed E-state index contributed by atoms with van der Waals surface area (Å²) in [5.74, 6) is 2.76. The average molecular weight is 415 g/mol. The van der Waals surface area contributed by atoms with Crippen LogP contribution in [0.5, 0.6) is 0 Å². The van der Waals surface area contributed by atoms with Crippen molar-refractivity contribution in [2.75, 3.05) is 0 Å². The Morgan fingerprint density at radius 1 is 0.933 bits per heavy atom. The smallest absolute Gasteiger partial charge is 0.0104 e. The zero-order valence-corrected chi connectivity index (χ0v) is 21.8. The Morgan fingerprint density at radius 2 is 1.63 bits per heavy atom. The van der Waals surface area contributed by atoms with Crippen molar-refractivity contribution < 1.29 is 0 Å². The monoisotopic (exact) mass is 414 g/mol. The van der Waals surface area contributed by atoms with E-state index in [2.05, 4.69) is 60.6 Å². The highest BCUT2D eigenvalue weighted by atomic mass is 14.3. The van der Waals surface area contributed by atoms with Crippen LogP contribution in [0.4, 0.5) is 0 Å². The summed E-state index contributed by atoms with van der Waals surface area (Å²) in [5, 5.41) is 0. The normalized spacial score (nSPS) is 26.2. The number of hydrogen-bond donors (Lipinski definition) is 0. The molecule has 0 N–H and O–H groups in total. The van der Waals surface area contributed by atoms with Crippen LogP contribution >= 0.6 is 0 Å². The fourth-order valence-electron chi connectivity index (χ4n) is 6.36. The lowest BCUT2D eigenvalue weighted by molar-refractivity contribution is 0.169. The highest BCUT2D eigenvalue weighted by molar-refractivity contribution is 5.32. The van der Waals surface area contributed by atoms with Crippen LogP contribution in [-0.2, 0) is 0 Å². The maximum Gasteiger partial charge on any atom is -0.0104 e. The Balaban J connectivity index is 1.58. The summed E-state index contributed by atoms with van der Waals surface area (Å²) in [7, 11) is 0. The molecule has 0 saturated heterocycles. The molecule has 0 amide bonds. The molecule has 30 heavy (non-hydrogen) atoms.